The molecule has 160 valence electrons. The van der Waals surface area contributed by atoms with Gasteiger partial charge >= 0.3 is 5.82 Å². The van der Waals surface area contributed by atoms with E-state index in [1.54, 1.807) is 0 Å². The van der Waals surface area contributed by atoms with Crippen LogP contribution < -0.4 is 28.3 Å². The Kier molecular flexibility index (Phi) is 7.01. The average molecular weight is 441 g/mol. The normalized spacial score (nSPS) is 10.9. The van der Waals surface area contributed by atoms with Crippen LogP contribution in [0.4, 0.5) is 0 Å². The van der Waals surface area contributed by atoms with Gasteiger partial charge in [0.15, 0.2) is 5.69 Å². The predicted octanol–water partition coefficient (Wildman–Crippen LogP) is -1.06. The van der Waals surface area contributed by atoms with Crippen molar-refractivity contribution in [3.05, 3.63) is 91.0 Å². The average Bonchev–Trinajstić information content (AvgIpc) is 3.15. The molecule has 0 radical (unpaired) electrons. The molecule has 4 rings (SSSR count). The van der Waals surface area contributed by atoms with Gasteiger partial charge in [-0.05, 0) is 41.5 Å². The molecule has 4 aromatic rings. The highest BCUT2D eigenvalue weighted by Gasteiger charge is 2.30. The third-order valence-electron chi connectivity index (χ3n) is 4.26. The van der Waals surface area contributed by atoms with Crippen LogP contribution in [0.15, 0.2) is 91.0 Å². The molecule has 0 saturated heterocycles. The summed E-state index contributed by atoms with van der Waals surface area (Å²) < 4.78 is 38.1. The zero-order chi connectivity index (χ0) is 22.4. The Labute approximate surface area is 182 Å². The van der Waals surface area contributed by atoms with Crippen molar-refractivity contribution in [2.24, 2.45) is 0 Å². The van der Waals surface area contributed by atoms with Gasteiger partial charge in [0.2, 0.25) is 0 Å². The molecule has 0 bridgehead atoms. The minimum atomic E-state index is -4.94. The van der Waals surface area contributed by atoms with Crippen molar-refractivity contribution in [1.82, 2.24) is 9.77 Å². The third-order valence-corrected chi connectivity index (χ3v) is 4.26. The summed E-state index contributed by atoms with van der Waals surface area (Å²) in [6.45, 7) is 0. The number of rotatable bonds is 4. The van der Waals surface area contributed by atoms with Gasteiger partial charge in [0.25, 0.3) is 5.82 Å². The van der Waals surface area contributed by atoms with Crippen molar-refractivity contribution < 1.29 is 33.6 Å². The Bertz CT molecular complexity index is 1090. The Morgan fingerprint density at radius 1 is 0.710 bits per heavy atom. The molecule has 0 spiro atoms. The van der Waals surface area contributed by atoms with E-state index >= 15 is 0 Å². The first-order valence-corrected chi connectivity index (χ1v) is 10.5. The van der Waals surface area contributed by atoms with Crippen LogP contribution in [0.25, 0.3) is 28.5 Å². The number of aromatic nitrogens is 3. The van der Waals surface area contributed by atoms with Crippen LogP contribution in [0.3, 0.4) is 0 Å². The molecular formula is C22H21ClN4O4. The maximum absolute atomic E-state index is 8.49. The molecule has 0 fully saturated rings. The van der Waals surface area contributed by atoms with Crippen LogP contribution >= 0.6 is 0 Å². The zero-order valence-electron chi connectivity index (χ0n) is 17.0. The third kappa shape index (κ3) is 5.88. The van der Waals surface area contributed by atoms with E-state index in [0.717, 1.165) is 28.5 Å². The molecule has 1 aromatic heterocycles. The van der Waals surface area contributed by atoms with Crippen molar-refractivity contribution in [2.75, 3.05) is 19.1 Å². The number of benzene rings is 3. The second-order valence-corrected chi connectivity index (χ2v) is 7.42. The first-order chi connectivity index (χ1) is 14.8. The first-order valence-electron chi connectivity index (χ1n) is 9.26. The van der Waals surface area contributed by atoms with E-state index in [4.69, 9.17) is 23.7 Å². The van der Waals surface area contributed by atoms with Gasteiger partial charge in [0.1, 0.15) is 0 Å². The fourth-order valence-electron chi connectivity index (χ4n) is 3.10. The van der Waals surface area contributed by atoms with Crippen LogP contribution in [-0.4, -0.2) is 23.9 Å². The number of nitrogens with zero attached hydrogens (tertiary/aromatic N) is 4. The van der Waals surface area contributed by atoms with Gasteiger partial charge in [-0.3, -0.25) is 0 Å². The number of hydrogen-bond donors (Lipinski definition) is 0. The lowest BCUT2D eigenvalue weighted by Gasteiger charge is -2.17. The highest BCUT2D eigenvalue weighted by Crippen LogP contribution is 2.24. The fraction of sp³-hybridized carbons (Fsp3) is 0.0909. The molecule has 0 unspecified atom stereocenters. The number of halogens is 1. The minimum Gasteiger partial charge on any atom is -0.247 e. The van der Waals surface area contributed by atoms with Gasteiger partial charge in [0.05, 0.1) is 5.56 Å². The van der Waals surface area contributed by atoms with E-state index in [9.17, 15) is 0 Å². The lowest BCUT2D eigenvalue weighted by atomic mass is 10.2. The largest absolute Gasteiger partial charge is 0.340 e. The molecule has 1 heterocycles. The highest BCUT2D eigenvalue weighted by atomic mass is 35.7. The topological polar surface area (TPSA) is 117 Å². The molecule has 0 amide bonds. The van der Waals surface area contributed by atoms with Crippen LogP contribution in [-0.2, 0) is 0 Å². The summed E-state index contributed by atoms with van der Waals surface area (Å²) >= 11 is 0. The van der Waals surface area contributed by atoms with Crippen molar-refractivity contribution in [2.45, 2.75) is 0 Å². The smallest absolute Gasteiger partial charge is 0.247 e. The molecule has 9 heteroatoms. The van der Waals surface area contributed by atoms with Gasteiger partial charge in [0, 0.05) is 19.7 Å². The SMILES string of the molecule is CN(C)n1c(-c2ccccc2)n[n+](-c2ccccc2)c1-c1ccccc1.[O-][Cl+3]([O-])([O-])[O-]. The summed E-state index contributed by atoms with van der Waals surface area (Å²) in [4.78, 5) is 0. The van der Waals surface area contributed by atoms with E-state index in [-0.39, 0.29) is 0 Å². The lowest BCUT2D eigenvalue weighted by Crippen LogP contribution is -2.68. The summed E-state index contributed by atoms with van der Waals surface area (Å²) in [6.07, 6.45) is 0. The van der Waals surface area contributed by atoms with E-state index < -0.39 is 10.2 Å². The van der Waals surface area contributed by atoms with Crippen molar-refractivity contribution in [3.8, 4) is 28.5 Å². The monoisotopic (exact) mass is 440 g/mol. The zero-order valence-corrected chi connectivity index (χ0v) is 17.7. The van der Waals surface area contributed by atoms with Crippen LogP contribution in [0.2, 0.25) is 0 Å². The number of para-hydroxylation sites is 1. The van der Waals surface area contributed by atoms with Gasteiger partial charge in [-0.15, -0.1) is 10.2 Å². The summed E-state index contributed by atoms with van der Waals surface area (Å²) in [5.41, 5.74) is 3.22. The van der Waals surface area contributed by atoms with Crippen molar-refractivity contribution in [3.63, 3.8) is 0 Å². The van der Waals surface area contributed by atoms with E-state index in [1.807, 2.05) is 61.2 Å². The first kappa shape index (κ1) is 22.4. The molecule has 0 N–H and O–H groups in total. The van der Waals surface area contributed by atoms with Crippen molar-refractivity contribution in [1.29, 1.82) is 0 Å². The lowest BCUT2D eigenvalue weighted by molar-refractivity contribution is -2.00. The van der Waals surface area contributed by atoms with Gasteiger partial charge < -0.3 is 0 Å². The second kappa shape index (κ2) is 9.69. The fourth-order valence-corrected chi connectivity index (χ4v) is 3.10. The molecule has 0 aliphatic heterocycles. The van der Waals surface area contributed by atoms with Crippen LogP contribution in [0.5, 0.6) is 0 Å². The van der Waals surface area contributed by atoms with E-state index in [2.05, 4.69) is 58.2 Å². The number of hydrogen-bond acceptors (Lipinski definition) is 6. The Hall–Kier alpha value is -3.27. The Balaban J connectivity index is 0.000000491. The maximum Gasteiger partial charge on any atom is 0.340 e. The summed E-state index contributed by atoms with van der Waals surface area (Å²) in [5.74, 6) is 1.92. The van der Waals surface area contributed by atoms with Gasteiger partial charge in [-0.25, -0.2) is 23.6 Å². The van der Waals surface area contributed by atoms with Crippen LogP contribution in [0, 0.1) is 10.2 Å². The molecule has 31 heavy (non-hydrogen) atoms. The summed E-state index contributed by atoms with van der Waals surface area (Å²) in [5, 5.41) is 7.05. The minimum absolute atomic E-state index is 0.901. The Morgan fingerprint density at radius 3 is 1.58 bits per heavy atom. The molecule has 0 saturated carbocycles. The summed E-state index contributed by atoms with van der Waals surface area (Å²) in [7, 11) is -0.869. The van der Waals surface area contributed by atoms with Gasteiger partial charge in [-0.1, -0.05) is 64.0 Å². The Morgan fingerprint density at radius 2 is 1.13 bits per heavy atom. The standard InChI is InChI=1S/C22H21N4.ClHO4/c1-24(2)26-21(18-12-6-3-7-13-18)23-25(20-16-10-5-11-17-20)22(26)19-14-8-4-9-15-19;2-1(3,4)5/h3-17H,1-2H3;(H,2,3,4,5)/q+1;/p-1. The maximum atomic E-state index is 8.49. The highest BCUT2D eigenvalue weighted by molar-refractivity contribution is 5.61. The van der Waals surface area contributed by atoms with Crippen molar-refractivity contribution >= 4 is 0 Å². The predicted molar refractivity (Wildman–Crippen MR) is 105 cm³/mol. The molecule has 0 aliphatic carbocycles. The molecule has 0 atom stereocenters. The van der Waals surface area contributed by atoms with E-state index in [1.165, 1.54) is 0 Å². The van der Waals surface area contributed by atoms with Gasteiger partial charge in [-0.2, -0.15) is 0 Å². The molecular weight excluding hydrogens is 420 g/mol. The molecule has 3 aromatic carbocycles. The van der Waals surface area contributed by atoms with E-state index in [0.29, 0.717) is 0 Å². The second-order valence-electron chi connectivity index (χ2n) is 6.66. The molecule has 8 nitrogen and oxygen atoms in total. The quantitative estimate of drug-likeness (QED) is 0.373. The molecule has 0 aliphatic rings. The van der Waals surface area contributed by atoms with Crippen LogP contribution in [0.1, 0.15) is 0 Å². The summed E-state index contributed by atoms with van der Waals surface area (Å²) in [6, 6.07) is 30.9.